The molecule has 19 heteroatoms. The Morgan fingerprint density at radius 1 is 0.949 bits per heavy atom. The maximum atomic E-state index is 17.2. The van der Waals surface area contributed by atoms with E-state index in [9.17, 15) is 14.7 Å². The monoisotopic (exact) mass is 1080 g/mol. The molecule has 2 bridgehead atoms. The molecule has 2 amide bonds. The van der Waals surface area contributed by atoms with E-state index in [1.54, 1.807) is 22.4 Å². The van der Waals surface area contributed by atoms with Gasteiger partial charge in [-0.1, -0.05) is 55.3 Å². The maximum absolute atomic E-state index is 17.2. The zero-order chi connectivity index (χ0) is 53.9. The van der Waals surface area contributed by atoms with E-state index in [1.165, 1.54) is 24.3 Å². The summed E-state index contributed by atoms with van der Waals surface area (Å²) >= 11 is 1.61. The molecule has 0 saturated carbocycles. The normalized spacial score (nSPS) is 22.1. The molecule has 3 aromatic carbocycles. The van der Waals surface area contributed by atoms with Crippen molar-refractivity contribution in [1.82, 2.24) is 45.5 Å². The third kappa shape index (κ3) is 9.76. The van der Waals surface area contributed by atoms with Gasteiger partial charge in [0.2, 0.25) is 11.8 Å². The highest BCUT2D eigenvalue weighted by Gasteiger charge is 2.43. The first-order chi connectivity index (χ1) is 37.8. The third-order valence-corrected chi connectivity index (χ3v) is 17.8. The van der Waals surface area contributed by atoms with E-state index in [0.717, 1.165) is 73.6 Å². The van der Waals surface area contributed by atoms with Crippen LogP contribution in [0.25, 0.3) is 43.4 Å². The molecule has 0 aliphatic carbocycles. The number of likely N-dealkylation sites (tertiary alicyclic amines) is 2. The number of aromatic hydroxyl groups is 1. The molecule has 7 aromatic rings. The molecular weight excluding hydrogens is 1010 g/mol. The molecule has 5 saturated heterocycles. The lowest BCUT2D eigenvalue weighted by Crippen LogP contribution is -2.51. The molecule has 0 spiro atoms. The second kappa shape index (κ2) is 21.2. The summed E-state index contributed by atoms with van der Waals surface area (Å²) in [6.07, 6.45) is 11.7. The maximum Gasteiger partial charge on any atom is 0.319 e. The Kier molecular flexibility index (Phi) is 14.0. The molecule has 12 rings (SSSR count). The quantitative estimate of drug-likeness (QED) is 0.0882. The van der Waals surface area contributed by atoms with Gasteiger partial charge in [0.1, 0.15) is 47.2 Å². The Hall–Kier alpha value is -7.27. The summed E-state index contributed by atoms with van der Waals surface area (Å²) in [4.78, 5) is 56.5. The van der Waals surface area contributed by atoms with Crippen LogP contribution in [0.5, 0.6) is 11.8 Å². The number of hydrogen-bond donors (Lipinski definition) is 3. The zero-order valence-electron chi connectivity index (χ0n) is 44.2. The van der Waals surface area contributed by atoms with Gasteiger partial charge in [0.05, 0.1) is 33.1 Å². The molecule has 3 N–H and O–H groups in total. The number of anilines is 2. The highest BCUT2D eigenvalue weighted by atomic mass is 32.1. The number of amides is 2. The zero-order valence-corrected chi connectivity index (χ0v) is 45.0. The first kappa shape index (κ1) is 51.5. The molecular formula is C59H63F2N11O5S. The molecule has 78 heavy (non-hydrogen) atoms. The van der Waals surface area contributed by atoms with Gasteiger partial charge in [-0.2, -0.15) is 9.97 Å². The lowest BCUT2D eigenvalue weighted by atomic mass is 9.89. The lowest BCUT2D eigenvalue weighted by molar-refractivity contribution is -0.141. The summed E-state index contributed by atoms with van der Waals surface area (Å²) < 4.78 is 44.6. The number of fused-ring (bicyclic) bond motifs is 5. The second-order valence-electron chi connectivity index (χ2n) is 22.2. The lowest BCUT2D eigenvalue weighted by Gasteiger charge is -2.34. The van der Waals surface area contributed by atoms with Crippen molar-refractivity contribution in [3.05, 3.63) is 101 Å². The number of phenolic OH excluding ortho intramolecular Hbond substituents is 1. The van der Waals surface area contributed by atoms with E-state index >= 15 is 8.78 Å². The first-order valence-electron chi connectivity index (χ1n) is 27.3. The van der Waals surface area contributed by atoms with Crippen LogP contribution in [0, 0.1) is 48.7 Å². The fourth-order valence-electron chi connectivity index (χ4n) is 12.8. The Morgan fingerprint density at radius 3 is 2.50 bits per heavy atom. The van der Waals surface area contributed by atoms with Crippen LogP contribution in [-0.2, 0) is 9.59 Å². The molecule has 9 heterocycles. The summed E-state index contributed by atoms with van der Waals surface area (Å²) in [5.41, 5.74) is 4.88. The molecule has 0 radical (unpaired) electrons. The summed E-state index contributed by atoms with van der Waals surface area (Å²) in [6.45, 7) is 14.0. The smallest absolute Gasteiger partial charge is 0.319 e. The van der Waals surface area contributed by atoms with Gasteiger partial charge in [-0.05, 0) is 105 Å². The summed E-state index contributed by atoms with van der Waals surface area (Å²) in [6, 6.07) is 15.4. The standard InChI is InChI=1S/C59H63F2N11O5S/c1-6-43-46(60)16-13-37-22-42(73)23-44(51(37)43)53-52(61)54-45(25-62-53)56(71-29-40-14-15-41(30-71)65-40)67-59(66-54)76-21-20-69-19-17-38-27-70(28-39(38)26-69)49-24-48(77-68-49)50(32(2)3)58(75)72-18-7-8-47(72)57(74)64-33(4)35-9-11-36(12-10-35)55-34(5)63-31-78-55/h1,9-13,16,22-25,31-33,38-41,47,50,65,73H,7-8,14-15,17-21,26-30H2,2-5H3,(H,64,74)/t33-,38-,39+,40?,41?,47-,50+/m0/s1. The molecule has 7 atom stereocenters. The Morgan fingerprint density at radius 2 is 1.74 bits per heavy atom. The predicted molar refractivity (Wildman–Crippen MR) is 295 cm³/mol. The average molecular weight is 1080 g/mol. The third-order valence-electron chi connectivity index (χ3n) is 16.8. The minimum atomic E-state index is -0.761. The second-order valence-corrected chi connectivity index (χ2v) is 23.0. The summed E-state index contributed by atoms with van der Waals surface area (Å²) in [7, 11) is 0. The van der Waals surface area contributed by atoms with Crippen LogP contribution < -0.4 is 25.2 Å². The Balaban J connectivity index is 0.702. The van der Waals surface area contributed by atoms with E-state index in [4.69, 9.17) is 20.7 Å². The van der Waals surface area contributed by atoms with Gasteiger partial charge in [0, 0.05) is 81.1 Å². The number of piperidine rings is 1. The molecule has 5 fully saturated rings. The van der Waals surface area contributed by atoms with Gasteiger partial charge in [0.25, 0.3) is 0 Å². The fraction of sp³-hybridized carbons (Fsp3) is 0.441. The largest absolute Gasteiger partial charge is 0.508 e. The number of hydrogen-bond acceptors (Lipinski definition) is 15. The molecule has 404 valence electrons. The van der Waals surface area contributed by atoms with Gasteiger partial charge in [-0.3, -0.25) is 19.5 Å². The number of aryl methyl sites for hydroxylation is 1. The van der Waals surface area contributed by atoms with Crippen LogP contribution in [0.1, 0.15) is 87.4 Å². The number of aromatic nitrogens is 5. The Labute approximate surface area is 455 Å². The van der Waals surface area contributed by atoms with Crippen molar-refractivity contribution in [3.8, 4) is 45.8 Å². The van der Waals surface area contributed by atoms with E-state index in [2.05, 4.69) is 63.5 Å². The molecule has 5 aliphatic heterocycles. The molecule has 4 aromatic heterocycles. The summed E-state index contributed by atoms with van der Waals surface area (Å²) in [5.74, 6) is 2.42. The highest BCUT2D eigenvalue weighted by molar-refractivity contribution is 7.13. The van der Waals surface area contributed by atoms with Crippen molar-refractivity contribution in [2.45, 2.75) is 89.9 Å². The van der Waals surface area contributed by atoms with Crippen molar-refractivity contribution >= 4 is 56.5 Å². The fourth-order valence-corrected chi connectivity index (χ4v) is 13.6. The number of terminal acetylenes is 1. The molecule has 16 nitrogen and oxygen atoms in total. The van der Waals surface area contributed by atoms with Crippen molar-refractivity contribution in [2.24, 2.45) is 17.8 Å². The predicted octanol–water partition coefficient (Wildman–Crippen LogP) is 8.62. The number of piperazine rings is 1. The topological polar surface area (TPSA) is 178 Å². The van der Waals surface area contributed by atoms with Gasteiger partial charge in [-0.25, -0.2) is 13.8 Å². The van der Waals surface area contributed by atoms with E-state index in [1.807, 2.05) is 51.4 Å². The van der Waals surface area contributed by atoms with Crippen molar-refractivity contribution in [3.63, 3.8) is 0 Å². The van der Waals surface area contributed by atoms with Crippen LogP contribution in [0.2, 0.25) is 0 Å². The van der Waals surface area contributed by atoms with E-state index < -0.39 is 23.6 Å². The number of nitrogens with one attached hydrogen (secondary N) is 2. The number of benzene rings is 3. The SMILES string of the molecule is C#Cc1c(F)ccc2cc(O)cc(-c3ncc4c(N5CC6CCC(C5)N6)nc(OCCN5CC[C@H]6CN(c7cc([C@H](C(=O)N8CCC[C@H]8C(=O)N[C@@H](C)c8ccc(-c9scnc9C)cc8)C(C)C)on7)C[C@H]6C5)nc4c3F)c12. The number of pyridine rings is 1. The number of halogens is 2. The number of ether oxygens (including phenoxy) is 1. The number of nitrogens with zero attached hydrogens (tertiary/aromatic N) is 9. The average Bonchev–Trinajstić information content (AvgIpc) is 4.36. The van der Waals surface area contributed by atoms with Gasteiger partial charge < -0.3 is 39.7 Å². The van der Waals surface area contributed by atoms with Gasteiger partial charge in [-0.15, -0.1) is 17.8 Å². The van der Waals surface area contributed by atoms with Crippen molar-refractivity contribution in [1.29, 1.82) is 0 Å². The van der Waals surface area contributed by atoms with Crippen LogP contribution in [0.3, 0.4) is 0 Å². The Bertz CT molecular complexity index is 3460. The van der Waals surface area contributed by atoms with Crippen molar-refractivity contribution < 1.29 is 32.7 Å². The minimum absolute atomic E-state index is 0.00222. The number of carbonyl (C=O) groups excluding carboxylic acids is 2. The molecule has 5 aliphatic rings. The van der Waals surface area contributed by atoms with Crippen LogP contribution in [0.4, 0.5) is 20.4 Å². The van der Waals surface area contributed by atoms with Crippen LogP contribution >= 0.6 is 11.3 Å². The minimum Gasteiger partial charge on any atom is -0.508 e. The molecule has 2 unspecified atom stereocenters. The van der Waals surface area contributed by atoms with E-state index in [0.29, 0.717) is 72.6 Å². The number of phenols is 1. The summed E-state index contributed by atoms with van der Waals surface area (Å²) in [5, 5.41) is 23.2. The van der Waals surface area contributed by atoms with Crippen LogP contribution in [0.15, 0.2) is 70.8 Å². The number of carbonyl (C=O) groups is 2. The number of rotatable bonds is 14. The number of thiazole rings is 1. The van der Waals surface area contributed by atoms with Gasteiger partial charge >= 0.3 is 6.01 Å². The van der Waals surface area contributed by atoms with Gasteiger partial charge in [0.15, 0.2) is 17.4 Å². The first-order valence-corrected chi connectivity index (χ1v) is 28.1. The van der Waals surface area contributed by atoms with E-state index in [-0.39, 0.29) is 81.9 Å². The van der Waals surface area contributed by atoms with Crippen LogP contribution in [-0.4, -0.2) is 129 Å². The van der Waals surface area contributed by atoms with Crippen molar-refractivity contribution in [2.75, 3.05) is 68.8 Å². The highest BCUT2D eigenvalue weighted by Crippen LogP contribution is 2.41.